The van der Waals surface area contributed by atoms with Gasteiger partial charge < -0.3 is 19.6 Å². The van der Waals surface area contributed by atoms with Crippen LogP contribution in [0.3, 0.4) is 0 Å². The number of hydrogen-bond acceptors (Lipinski definition) is 7. The summed E-state index contributed by atoms with van der Waals surface area (Å²) in [5.41, 5.74) is 4.69. The van der Waals surface area contributed by atoms with E-state index in [1.807, 2.05) is 48.5 Å². The fraction of sp³-hybridized carbons (Fsp3) is 0.214. The maximum absolute atomic E-state index is 12.6. The molecule has 1 heterocycles. The van der Waals surface area contributed by atoms with Crippen molar-refractivity contribution in [3.63, 3.8) is 0 Å². The molecule has 188 valence electrons. The Bertz CT molecular complexity index is 1310. The van der Waals surface area contributed by atoms with E-state index in [2.05, 4.69) is 5.32 Å². The van der Waals surface area contributed by atoms with E-state index >= 15 is 0 Å². The largest absolute Gasteiger partial charge is 0.449 e. The fourth-order valence-electron chi connectivity index (χ4n) is 4.75. The lowest BCUT2D eigenvalue weighted by atomic mass is 9.98. The molecule has 0 aromatic heterocycles. The van der Waals surface area contributed by atoms with Gasteiger partial charge >= 0.3 is 12.1 Å². The van der Waals surface area contributed by atoms with Crippen LogP contribution < -0.4 is 5.32 Å². The first-order chi connectivity index (χ1) is 18.0. The monoisotopic (exact) mass is 500 g/mol. The second-order valence-electron chi connectivity index (χ2n) is 8.74. The lowest BCUT2D eigenvalue weighted by molar-refractivity contribution is -0.169. The number of rotatable bonds is 8. The number of nitrogens with zero attached hydrogens (tertiary/aromatic N) is 1. The SMILES string of the molecule is COC[C@@H](CC(=O)ON1C(=O)c2ccccc2C1=O)NC(=O)OCC1c2ccccc2-c2ccccc21. The van der Waals surface area contributed by atoms with Gasteiger partial charge in [0.05, 0.1) is 30.2 Å². The van der Waals surface area contributed by atoms with Crippen molar-refractivity contribution in [3.8, 4) is 11.1 Å². The van der Waals surface area contributed by atoms with Crippen LogP contribution in [0.4, 0.5) is 4.79 Å². The molecule has 0 spiro atoms. The van der Waals surface area contributed by atoms with Crippen molar-refractivity contribution in [2.45, 2.75) is 18.4 Å². The molecule has 0 radical (unpaired) electrons. The predicted octanol–water partition coefficient (Wildman–Crippen LogP) is 3.68. The second-order valence-corrected chi connectivity index (χ2v) is 8.74. The number of imide groups is 1. The van der Waals surface area contributed by atoms with Gasteiger partial charge in [-0.25, -0.2) is 9.59 Å². The van der Waals surface area contributed by atoms with Crippen molar-refractivity contribution in [2.24, 2.45) is 0 Å². The molecular formula is C28H24N2O7. The van der Waals surface area contributed by atoms with Crippen molar-refractivity contribution in [3.05, 3.63) is 95.1 Å². The van der Waals surface area contributed by atoms with Crippen molar-refractivity contribution in [2.75, 3.05) is 20.3 Å². The molecule has 2 aliphatic rings. The minimum absolute atomic E-state index is 0.0125. The summed E-state index contributed by atoms with van der Waals surface area (Å²) < 4.78 is 10.6. The Labute approximate surface area is 212 Å². The zero-order valence-corrected chi connectivity index (χ0v) is 20.0. The number of carbonyl (C=O) groups is 4. The van der Waals surface area contributed by atoms with E-state index in [0.717, 1.165) is 22.3 Å². The lowest BCUT2D eigenvalue weighted by Crippen LogP contribution is -2.42. The summed E-state index contributed by atoms with van der Waals surface area (Å²) in [6.07, 6.45) is -1.07. The number of alkyl carbamates (subject to hydrolysis) is 1. The Kier molecular flexibility index (Phi) is 6.70. The summed E-state index contributed by atoms with van der Waals surface area (Å²) in [6.45, 7) is 0.0977. The van der Waals surface area contributed by atoms with Gasteiger partial charge in [-0.2, -0.15) is 0 Å². The van der Waals surface area contributed by atoms with Crippen LogP contribution in [-0.4, -0.2) is 55.3 Å². The van der Waals surface area contributed by atoms with Crippen molar-refractivity contribution < 1.29 is 33.5 Å². The summed E-state index contributed by atoms with van der Waals surface area (Å²) in [5, 5.41) is 3.04. The summed E-state index contributed by atoms with van der Waals surface area (Å²) in [7, 11) is 1.42. The number of methoxy groups -OCH3 is 1. The number of benzene rings is 3. The van der Waals surface area contributed by atoms with Crippen molar-refractivity contribution in [1.82, 2.24) is 10.4 Å². The Balaban J connectivity index is 1.19. The summed E-state index contributed by atoms with van der Waals surface area (Å²) in [6, 6.07) is 21.4. The predicted molar refractivity (Wildman–Crippen MR) is 132 cm³/mol. The van der Waals surface area contributed by atoms with Crippen LogP contribution in [0.15, 0.2) is 72.8 Å². The lowest BCUT2D eigenvalue weighted by Gasteiger charge is -2.20. The molecule has 37 heavy (non-hydrogen) atoms. The Hall–Kier alpha value is -4.50. The van der Waals surface area contributed by atoms with Crippen LogP contribution in [0.1, 0.15) is 44.2 Å². The highest BCUT2D eigenvalue weighted by Crippen LogP contribution is 2.44. The van der Waals surface area contributed by atoms with Gasteiger partial charge in [-0.3, -0.25) is 9.59 Å². The van der Waals surface area contributed by atoms with E-state index in [-0.39, 0.29) is 36.7 Å². The molecule has 5 rings (SSSR count). The van der Waals surface area contributed by atoms with Gasteiger partial charge in [-0.05, 0) is 34.4 Å². The summed E-state index contributed by atoms with van der Waals surface area (Å²) >= 11 is 0. The average Bonchev–Trinajstić information content (AvgIpc) is 3.35. The third kappa shape index (κ3) is 4.68. The van der Waals surface area contributed by atoms with E-state index in [0.29, 0.717) is 5.06 Å². The third-order valence-electron chi connectivity index (χ3n) is 6.40. The highest BCUT2D eigenvalue weighted by atomic mass is 16.7. The van der Waals surface area contributed by atoms with Crippen molar-refractivity contribution in [1.29, 1.82) is 0 Å². The number of hydroxylamine groups is 2. The maximum Gasteiger partial charge on any atom is 0.407 e. The average molecular weight is 501 g/mol. The number of amides is 3. The van der Waals surface area contributed by atoms with Crippen LogP contribution >= 0.6 is 0 Å². The molecule has 0 bridgehead atoms. The molecule has 1 aliphatic carbocycles. The first-order valence-electron chi connectivity index (χ1n) is 11.8. The fourth-order valence-corrected chi connectivity index (χ4v) is 4.75. The van der Waals surface area contributed by atoms with Crippen LogP contribution in [0.2, 0.25) is 0 Å². The number of nitrogens with one attached hydrogen (secondary N) is 1. The van der Waals surface area contributed by atoms with Gasteiger partial charge in [0.25, 0.3) is 11.8 Å². The molecule has 1 aliphatic heterocycles. The number of fused-ring (bicyclic) bond motifs is 4. The van der Waals surface area contributed by atoms with Crippen LogP contribution in [0, 0.1) is 0 Å². The highest BCUT2D eigenvalue weighted by molar-refractivity contribution is 6.20. The molecular weight excluding hydrogens is 476 g/mol. The van der Waals surface area contributed by atoms with Gasteiger partial charge in [-0.15, -0.1) is 0 Å². The quantitative estimate of drug-likeness (QED) is 0.470. The molecule has 1 atom stereocenters. The first-order valence-corrected chi connectivity index (χ1v) is 11.8. The Morgan fingerprint density at radius 2 is 1.35 bits per heavy atom. The molecule has 3 amide bonds. The van der Waals surface area contributed by atoms with Gasteiger partial charge in [0.1, 0.15) is 6.61 Å². The van der Waals surface area contributed by atoms with Crippen LogP contribution in [-0.2, 0) is 19.1 Å². The molecule has 0 saturated heterocycles. The highest BCUT2D eigenvalue weighted by Gasteiger charge is 2.39. The summed E-state index contributed by atoms with van der Waals surface area (Å²) in [5.74, 6) is -2.43. The molecule has 0 fully saturated rings. The van der Waals surface area contributed by atoms with Crippen LogP contribution in [0.5, 0.6) is 0 Å². The minimum Gasteiger partial charge on any atom is -0.449 e. The molecule has 3 aromatic carbocycles. The van der Waals surface area contributed by atoms with E-state index in [1.165, 1.54) is 19.2 Å². The zero-order valence-electron chi connectivity index (χ0n) is 20.0. The molecule has 1 N–H and O–H groups in total. The van der Waals surface area contributed by atoms with E-state index in [1.54, 1.807) is 12.1 Å². The van der Waals surface area contributed by atoms with Gasteiger partial charge in [0, 0.05) is 13.0 Å². The number of carbonyl (C=O) groups excluding carboxylic acids is 4. The smallest absolute Gasteiger partial charge is 0.407 e. The van der Waals surface area contributed by atoms with Gasteiger partial charge in [0.2, 0.25) is 0 Å². The first kappa shape index (κ1) is 24.2. The maximum atomic E-state index is 12.6. The van der Waals surface area contributed by atoms with Gasteiger partial charge in [0.15, 0.2) is 0 Å². The molecule has 0 unspecified atom stereocenters. The molecule has 9 heteroatoms. The number of hydrogen-bond donors (Lipinski definition) is 1. The second kappa shape index (κ2) is 10.2. The number of ether oxygens (including phenoxy) is 2. The minimum atomic E-state index is -0.879. The molecule has 9 nitrogen and oxygen atoms in total. The van der Waals surface area contributed by atoms with E-state index in [4.69, 9.17) is 14.3 Å². The van der Waals surface area contributed by atoms with Gasteiger partial charge in [-0.1, -0.05) is 65.7 Å². The summed E-state index contributed by atoms with van der Waals surface area (Å²) in [4.78, 5) is 55.1. The molecule has 3 aromatic rings. The topological polar surface area (TPSA) is 111 Å². The zero-order chi connectivity index (χ0) is 25.9. The van der Waals surface area contributed by atoms with Crippen LogP contribution in [0.25, 0.3) is 11.1 Å². The van der Waals surface area contributed by atoms with Crippen molar-refractivity contribution >= 4 is 23.9 Å². The Morgan fingerprint density at radius 1 is 0.838 bits per heavy atom. The van der Waals surface area contributed by atoms with E-state index < -0.39 is 29.9 Å². The Morgan fingerprint density at radius 3 is 1.89 bits per heavy atom. The third-order valence-corrected chi connectivity index (χ3v) is 6.40. The standard InChI is InChI=1S/C28H24N2O7/c1-35-15-17(14-25(31)37-30-26(32)22-12-6-7-13-23(22)27(30)33)29-28(34)36-16-24-20-10-4-2-8-18(20)19-9-3-5-11-21(19)24/h2-13,17,24H,14-16H2,1H3,(H,29,34)/t17-/m1/s1. The molecule has 0 saturated carbocycles. The van der Waals surface area contributed by atoms with E-state index in [9.17, 15) is 19.2 Å². The normalized spacial score (nSPS) is 14.6.